The van der Waals surface area contributed by atoms with E-state index in [1.807, 2.05) is 18.2 Å². The SMILES string of the molecule is NCC1(C(=O)NCc2ccc3c(c2)OCO3)CCC1. The molecule has 3 rings (SSSR count). The molecule has 1 aromatic rings. The lowest BCUT2D eigenvalue weighted by atomic mass is 9.68. The highest BCUT2D eigenvalue weighted by molar-refractivity contribution is 5.83. The van der Waals surface area contributed by atoms with Crippen molar-refractivity contribution in [2.75, 3.05) is 13.3 Å². The number of ether oxygens (including phenoxy) is 2. The minimum atomic E-state index is -0.323. The van der Waals surface area contributed by atoms with Crippen molar-refractivity contribution < 1.29 is 14.3 Å². The average molecular weight is 262 g/mol. The molecule has 0 atom stereocenters. The molecule has 1 heterocycles. The minimum Gasteiger partial charge on any atom is -0.454 e. The number of hydrogen-bond donors (Lipinski definition) is 2. The van der Waals surface area contributed by atoms with Crippen LogP contribution in [0.15, 0.2) is 18.2 Å². The summed E-state index contributed by atoms with van der Waals surface area (Å²) >= 11 is 0. The maximum Gasteiger partial charge on any atom is 0.231 e. The van der Waals surface area contributed by atoms with Crippen LogP contribution in [0.3, 0.4) is 0 Å². The van der Waals surface area contributed by atoms with Crippen LogP contribution in [0.5, 0.6) is 11.5 Å². The fourth-order valence-electron chi connectivity index (χ4n) is 2.55. The summed E-state index contributed by atoms with van der Waals surface area (Å²) in [6.07, 6.45) is 2.89. The van der Waals surface area contributed by atoms with Gasteiger partial charge in [-0.1, -0.05) is 12.5 Å². The summed E-state index contributed by atoms with van der Waals surface area (Å²) in [7, 11) is 0. The summed E-state index contributed by atoms with van der Waals surface area (Å²) < 4.78 is 10.6. The first-order chi connectivity index (χ1) is 9.23. The van der Waals surface area contributed by atoms with E-state index in [1.54, 1.807) is 0 Å². The molecule has 5 nitrogen and oxygen atoms in total. The van der Waals surface area contributed by atoms with Crippen LogP contribution in [0.4, 0.5) is 0 Å². The Morgan fingerprint density at radius 1 is 1.32 bits per heavy atom. The van der Waals surface area contributed by atoms with Gasteiger partial charge in [0.2, 0.25) is 12.7 Å². The van der Waals surface area contributed by atoms with Crippen LogP contribution in [0.25, 0.3) is 0 Å². The maximum absolute atomic E-state index is 12.1. The van der Waals surface area contributed by atoms with E-state index in [9.17, 15) is 4.79 Å². The second kappa shape index (κ2) is 4.74. The number of rotatable bonds is 4. The predicted molar refractivity (Wildman–Crippen MR) is 69.8 cm³/mol. The highest BCUT2D eigenvalue weighted by Crippen LogP contribution is 2.40. The summed E-state index contributed by atoms with van der Waals surface area (Å²) in [4.78, 5) is 12.1. The zero-order valence-corrected chi connectivity index (χ0v) is 10.8. The van der Waals surface area contributed by atoms with Crippen molar-refractivity contribution in [2.45, 2.75) is 25.8 Å². The minimum absolute atomic E-state index is 0.0684. The number of carbonyl (C=O) groups is 1. The molecule has 1 aliphatic heterocycles. The third-order valence-electron chi connectivity index (χ3n) is 4.07. The van der Waals surface area contributed by atoms with E-state index >= 15 is 0 Å². The van der Waals surface area contributed by atoms with Gasteiger partial charge in [0.1, 0.15) is 0 Å². The van der Waals surface area contributed by atoms with Crippen LogP contribution in [-0.4, -0.2) is 19.2 Å². The van der Waals surface area contributed by atoms with Gasteiger partial charge >= 0.3 is 0 Å². The molecule has 19 heavy (non-hydrogen) atoms. The molecule has 0 spiro atoms. The van der Waals surface area contributed by atoms with Crippen molar-refractivity contribution in [3.63, 3.8) is 0 Å². The quantitative estimate of drug-likeness (QED) is 0.854. The number of carbonyl (C=O) groups excluding carboxylic acids is 1. The molecule has 0 aromatic heterocycles. The molecular weight excluding hydrogens is 244 g/mol. The van der Waals surface area contributed by atoms with Gasteiger partial charge in [-0.15, -0.1) is 0 Å². The lowest BCUT2D eigenvalue weighted by Crippen LogP contribution is -2.50. The van der Waals surface area contributed by atoms with Crippen molar-refractivity contribution in [1.82, 2.24) is 5.32 Å². The third-order valence-corrected chi connectivity index (χ3v) is 4.07. The molecule has 1 amide bonds. The Labute approximate surface area is 112 Å². The van der Waals surface area contributed by atoms with Gasteiger partial charge in [0.15, 0.2) is 11.5 Å². The van der Waals surface area contributed by atoms with E-state index < -0.39 is 0 Å². The van der Waals surface area contributed by atoms with Crippen molar-refractivity contribution in [3.8, 4) is 11.5 Å². The van der Waals surface area contributed by atoms with Crippen LogP contribution >= 0.6 is 0 Å². The monoisotopic (exact) mass is 262 g/mol. The Kier molecular flexibility index (Phi) is 3.06. The molecule has 0 radical (unpaired) electrons. The molecule has 0 unspecified atom stereocenters. The first kappa shape index (κ1) is 12.3. The Bertz CT molecular complexity index is 492. The van der Waals surface area contributed by atoms with Gasteiger partial charge < -0.3 is 20.5 Å². The molecule has 0 bridgehead atoms. The number of nitrogens with one attached hydrogen (secondary N) is 1. The topological polar surface area (TPSA) is 73.6 Å². The lowest BCUT2D eigenvalue weighted by molar-refractivity contribution is -0.135. The molecule has 2 aliphatic rings. The van der Waals surface area contributed by atoms with E-state index in [-0.39, 0.29) is 18.1 Å². The van der Waals surface area contributed by atoms with Crippen molar-refractivity contribution in [2.24, 2.45) is 11.1 Å². The van der Waals surface area contributed by atoms with Crippen LogP contribution in [-0.2, 0) is 11.3 Å². The van der Waals surface area contributed by atoms with Gasteiger partial charge in [0.25, 0.3) is 0 Å². The van der Waals surface area contributed by atoms with Crippen molar-refractivity contribution in [3.05, 3.63) is 23.8 Å². The predicted octanol–water partition coefficient (Wildman–Crippen LogP) is 1.16. The standard InChI is InChI=1S/C14H18N2O3/c15-8-14(4-1-5-14)13(17)16-7-10-2-3-11-12(6-10)19-9-18-11/h2-3,6H,1,4-5,7-9,15H2,(H,16,17). The fourth-order valence-corrected chi connectivity index (χ4v) is 2.55. The highest BCUT2D eigenvalue weighted by atomic mass is 16.7. The van der Waals surface area contributed by atoms with E-state index in [0.29, 0.717) is 13.1 Å². The Morgan fingerprint density at radius 2 is 2.11 bits per heavy atom. The van der Waals surface area contributed by atoms with Gasteiger partial charge in [-0.05, 0) is 30.5 Å². The third kappa shape index (κ3) is 2.14. The van der Waals surface area contributed by atoms with Crippen molar-refractivity contribution in [1.29, 1.82) is 0 Å². The summed E-state index contributed by atoms with van der Waals surface area (Å²) in [5.74, 6) is 1.57. The Hall–Kier alpha value is -1.75. The number of fused-ring (bicyclic) bond motifs is 1. The Morgan fingerprint density at radius 3 is 2.79 bits per heavy atom. The van der Waals surface area contributed by atoms with E-state index in [1.165, 1.54) is 0 Å². The second-order valence-corrected chi connectivity index (χ2v) is 5.21. The van der Waals surface area contributed by atoms with Gasteiger partial charge in [0.05, 0.1) is 5.41 Å². The van der Waals surface area contributed by atoms with E-state index in [2.05, 4.69) is 5.32 Å². The average Bonchev–Trinajstić information content (AvgIpc) is 2.83. The molecule has 3 N–H and O–H groups in total. The molecule has 1 aromatic carbocycles. The van der Waals surface area contributed by atoms with E-state index in [0.717, 1.165) is 36.3 Å². The first-order valence-electron chi connectivity index (χ1n) is 6.60. The number of nitrogens with two attached hydrogens (primary N) is 1. The molecule has 1 aliphatic carbocycles. The number of benzene rings is 1. The van der Waals surface area contributed by atoms with Gasteiger partial charge in [0, 0.05) is 13.1 Å². The van der Waals surface area contributed by atoms with Crippen LogP contribution in [0.1, 0.15) is 24.8 Å². The highest BCUT2D eigenvalue weighted by Gasteiger charge is 2.42. The summed E-state index contributed by atoms with van der Waals surface area (Å²) in [6.45, 7) is 1.19. The van der Waals surface area contributed by atoms with Crippen molar-refractivity contribution >= 4 is 5.91 Å². The summed E-state index contributed by atoms with van der Waals surface area (Å²) in [6, 6.07) is 5.70. The van der Waals surface area contributed by atoms with Crippen LogP contribution in [0, 0.1) is 5.41 Å². The van der Waals surface area contributed by atoms with Gasteiger partial charge in [-0.25, -0.2) is 0 Å². The normalized spacial score (nSPS) is 18.8. The molecular formula is C14H18N2O3. The first-order valence-corrected chi connectivity index (χ1v) is 6.60. The van der Waals surface area contributed by atoms with Gasteiger partial charge in [-0.3, -0.25) is 4.79 Å². The molecule has 102 valence electrons. The zero-order chi connectivity index (χ0) is 13.3. The smallest absolute Gasteiger partial charge is 0.231 e. The van der Waals surface area contributed by atoms with Crippen LogP contribution < -0.4 is 20.5 Å². The number of amides is 1. The largest absolute Gasteiger partial charge is 0.454 e. The second-order valence-electron chi connectivity index (χ2n) is 5.21. The summed E-state index contributed by atoms with van der Waals surface area (Å²) in [5, 5.41) is 2.97. The fraction of sp³-hybridized carbons (Fsp3) is 0.500. The molecule has 1 saturated carbocycles. The van der Waals surface area contributed by atoms with Gasteiger partial charge in [-0.2, -0.15) is 0 Å². The Balaban J connectivity index is 1.62. The lowest BCUT2D eigenvalue weighted by Gasteiger charge is -2.39. The van der Waals surface area contributed by atoms with Crippen LogP contribution in [0.2, 0.25) is 0 Å². The van der Waals surface area contributed by atoms with E-state index in [4.69, 9.17) is 15.2 Å². The maximum atomic E-state index is 12.1. The summed E-state index contributed by atoms with van der Waals surface area (Å²) in [5.41, 5.74) is 6.40. The molecule has 1 fully saturated rings. The zero-order valence-electron chi connectivity index (χ0n) is 10.8. The number of hydrogen-bond acceptors (Lipinski definition) is 4. The molecule has 5 heteroatoms. The molecule has 0 saturated heterocycles.